The van der Waals surface area contributed by atoms with Crippen LogP contribution in [0, 0.1) is 0 Å². The molecule has 6 heteroatoms. The van der Waals surface area contributed by atoms with Crippen LogP contribution in [0.15, 0.2) is 6.07 Å². The predicted molar refractivity (Wildman–Crippen MR) is 71.2 cm³/mol. The number of hydrogen-bond acceptors (Lipinski definition) is 6. The first kappa shape index (κ1) is 13.0. The minimum atomic E-state index is -0.735. The molecule has 18 heavy (non-hydrogen) atoms. The first-order chi connectivity index (χ1) is 8.54. The molecule has 2 rings (SSSR count). The number of aromatic nitrogens is 2. The summed E-state index contributed by atoms with van der Waals surface area (Å²) in [5.41, 5.74) is 1.81. The largest absolute Gasteiger partial charge is 0.388 e. The number of hydrogen-bond donors (Lipinski definition) is 4. The van der Waals surface area contributed by atoms with Gasteiger partial charge in [0, 0.05) is 18.5 Å². The number of nitrogen functional groups attached to an aromatic ring is 1. The topological polar surface area (TPSA) is 96.1 Å². The maximum Gasteiger partial charge on any atom is 0.145 e. The number of nitrogens with zero attached hydrogens (tertiary/aromatic N) is 2. The molecule has 0 bridgehead atoms. The molecule has 6 nitrogen and oxygen atoms in total. The molecule has 100 valence electrons. The molecular weight excluding hydrogens is 230 g/mol. The summed E-state index contributed by atoms with van der Waals surface area (Å²) >= 11 is 0. The van der Waals surface area contributed by atoms with Gasteiger partial charge in [-0.1, -0.05) is 6.92 Å². The third-order valence-electron chi connectivity index (χ3n) is 3.25. The number of rotatable bonds is 6. The van der Waals surface area contributed by atoms with Crippen molar-refractivity contribution in [3.8, 4) is 0 Å². The number of nitrogens with one attached hydrogen (secondary N) is 2. The Labute approximate surface area is 107 Å². The minimum Gasteiger partial charge on any atom is -0.388 e. The summed E-state index contributed by atoms with van der Waals surface area (Å²) in [5, 5.41) is 13.1. The van der Waals surface area contributed by atoms with Gasteiger partial charge in [0.15, 0.2) is 0 Å². The summed E-state index contributed by atoms with van der Waals surface area (Å²) in [6, 6.07) is 1.75. The maximum atomic E-state index is 9.96. The summed E-state index contributed by atoms with van der Waals surface area (Å²) in [4.78, 5) is 8.78. The average molecular weight is 251 g/mol. The van der Waals surface area contributed by atoms with E-state index in [-0.39, 0.29) is 0 Å². The van der Waals surface area contributed by atoms with E-state index in [1.54, 1.807) is 13.0 Å². The second-order valence-corrected chi connectivity index (χ2v) is 5.12. The number of anilines is 2. The zero-order valence-electron chi connectivity index (χ0n) is 10.9. The molecular formula is C12H21N5O. The van der Waals surface area contributed by atoms with Crippen molar-refractivity contribution in [3.05, 3.63) is 11.9 Å². The normalized spacial score (nSPS) is 18.2. The van der Waals surface area contributed by atoms with Crippen molar-refractivity contribution in [2.75, 3.05) is 17.3 Å². The molecule has 0 amide bonds. The van der Waals surface area contributed by atoms with Crippen molar-refractivity contribution >= 4 is 11.6 Å². The second-order valence-electron chi connectivity index (χ2n) is 5.12. The van der Waals surface area contributed by atoms with Crippen LogP contribution in [0.2, 0.25) is 0 Å². The van der Waals surface area contributed by atoms with E-state index >= 15 is 0 Å². The van der Waals surface area contributed by atoms with E-state index in [1.807, 2.05) is 6.92 Å². The van der Waals surface area contributed by atoms with E-state index in [1.165, 1.54) is 0 Å². The third kappa shape index (κ3) is 3.30. The quantitative estimate of drug-likeness (QED) is 0.448. The smallest absolute Gasteiger partial charge is 0.145 e. The lowest BCUT2D eigenvalue weighted by Crippen LogP contribution is -2.32. The highest BCUT2D eigenvalue weighted by Gasteiger charge is 2.27. The Morgan fingerprint density at radius 2 is 2.11 bits per heavy atom. The van der Waals surface area contributed by atoms with E-state index in [9.17, 15) is 5.11 Å². The standard InChI is InChI=1S/C12H21N5O/c1-3-12(2,18)7-14-9-6-10(17-13)16-11(15-9)8-4-5-8/h6,8,18H,3-5,7,13H2,1-2H3,(H2,14,15,16,17). The molecule has 5 N–H and O–H groups in total. The Bertz CT molecular complexity index is 417. The zero-order valence-corrected chi connectivity index (χ0v) is 10.9. The maximum absolute atomic E-state index is 9.96. The monoisotopic (exact) mass is 251 g/mol. The van der Waals surface area contributed by atoms with Crippen LogP contribution >= 0.6 is 0 Å². The van der Waals surface area contributed by atoms with Crippen LogP contribution < -0.4 is 16.6 Å². The molecule has 0 spiro atoms. The Balaban J connectivity index is 2.09. The second kappa shape index (κ2) is 5.07. The molecule has 1 aliphatic carbocycles. The molecule has 0 aromatic carbocycles. The van der Waals surface area contributed by atoms with E-state index in [0.717, 1.165) is 18.7 Å². The van der Waals surface area contributed by atoms with Crippen LogP contribution in [0.25, 0.3) is 0 Å². The third-order valence-corrected chi connectivity index (χ3v) is 3.25. The molecule has 1 fully saturated rings. The van der Waals surface area contributed by atoms with Crippen LogP contribution in [0.1, 0.15) is 44.9 Å². The summed E-state index contributed by atoms with van der Waals surface area (Å²) in [6.45, 7) is 4.20. The molecule has 1 saturated carbocycles. The summed E-state index contributed by atoms with van der Waals surface area (Å²) in [6.07, 6.45) is 2.96. The van der Waals surface area contributed by atoms with E-state index in [0.29, 0.717) is 30.5 Å². The number of aliphatic hydroxyl groups is 1. The van der Waals surface area contributed by atoms with Gasteiger partial charge in [-0.05, 0) is 26.2 Å². The number of hydrazine groups is 1. The summed E-state index contributed by atoms with van der Waals surface area (Å²) in [5.74, 6) is 7.99. The fourth-order valence-electron chi connectivity index (χ4n) is 1.56. The van der Waals surface area contributed by atoms with Crippen molar-refractivity contribution in [2.45, 2.75) is 44.6 Å². The summed E-state index contributed by atoms with van der Waals surface area (Å²) in [7, 11) is 0. The Hall–Kier alpha value is -1.40. The molecule has 1 unspecified atom stereocenters. The fourth-order valence-corrected chi connectivity index (χ4v) is 1.56. The van der Waals surface area contributed by atoms with E-state index < -0.39 is 5.60 Å². The first-order valence-electron chi connectivity index (χ1n) is 6.36. The molecule has 1 aromatic rings. The van der Waals surface area contributed by atoms with Gasteiger partial charge < -0.3 is 15.8 Å². The highest BCUT2D eigenvalue weighted by Crippen LogP contribution is 2.38. The highest BCUT2D eigenvalue weighted by atomic mass is 16.3. The highest BCUT2D eigenvalue weighted by molar-refractivity contribution is 5.47. The van der Waals surface area contributed by atoms with Gasteiger partial charge in [-0.3, -0.25) is 0 Å². The van der Waals surface area contributed by atoms with Crippen molar-refractivity contribution < 1.29 is 5.11 Å². The first-order valence-corrected chi connectivity index (χ1v) is 6.36. The molecule has 0 saturated heterocycles. The molecule has 1 aromatic heterocycles. The van der Waals surface area contributed by atoms with E-state index in [4.69, 9.17) is 5.84 Å². The lowest BCUT2D eigenvalue weighted by Gasteiger charge is -2.22. The Kier molecular flexibility index (Phi) is 3.68. The average Bonchev–Trinajstić information content (AvgIpc) is 3.20. The van der Waals surface area contributed by atoms with Crippen molar-refractivity contribution in [3.63, 3.8) is 0 Å². The Morgan fingerprint density at radius 1 is 1.44 bits per heavy atom. The molecule has 1 atom stereocenters. The number of nitrogens with two attached hydrogens (primary N) is 1. The van der Waals surface area contributed by atoms with Crippen molar-refractivity contribution in [2.24, 2.45) is 5.84 Å². The van der Waals surface area contributed by atoms with Crippen LogP contribution in [0.4, 0.5) is 11.6 Å². The van der Waals surface area contributed by atoms with Gasteiger partial charge in [-0.2, -0.15) is 0 Å². The van der Waals surface area contributed by atoms with Gasteiger partial charge in [-0.25, -0.2) is 15.8 Å². The van der Waals surface area contributed by atoms with Crippen LogP contribution in [0.3, 0.4) is 0 Å². The van der Waals surface area contributed by atoms with Crippen LogP contribution in [0.5, 0.6) is 0 Å². The molecule has 1 heterocycles. The summed E-state index contributed by atoms with van der Waals surface area (Å²) < 4.78 is 0. The van der Waals surface area contributed by atoms with Gasteiger partial charge in [0.1, 0.15) is 17.5 Å². The molecule has 0 radical (unpaired) electrons. The molecule has 1 aliphatic rings. The predicted octanol–water partition coefficient (Wildman–Crippen LogP) is 1.21. The van der Waals surface area contributed by atoms with Gasteiger partial charge in [0.2, 0.25) is 0 Å². The van der Waals surface area contributed by atoms with E-state index in [2.05, 4.69) is 20.7 Å². The Morgan fingerprint density at radius 3 is 2.67 bits per heavy atom. The van der Waals surface area contributed by atoms with Gasteiger partial charge >= 0.3 is 0 Å². The van der Waals surface area contributed by atoms with Crippen LogP contribution in [-0.2, 0) is 0 Å². The van der Waals surface area contributed by atoms with Crippen LogP contribution in [-0.4, -0.2) is 27.2 Å². The van der Waals surface area contributed by atoms with Crippen molar-refractivity contribution in [1.29, 1.82) is 0 Å². The van der Waals surface area contributed by atoms with Gasteiger partial charge in [0.05, 0.1) is 5.60 Å². The zero-order chi connectivity index (χ0) is 13.2. The van der Waals surface area contributed by atoms with Crippen molar-refractivity contribution in [1.82, 2.24) is 9.97 Å². The van der Waals surface area contributed by atoms with Gasteiger partial charge in [-0.15, -0.1) is 0 Å². The SMILES string of the molecule is CCC(C)(O)CNc1cc(NN)nc(C2CC2)n1. The lowest BCUT2D eigenvalue weighted by atomic mass is 10.0. The minimum absolute atomic E-state index is 0.453. The lowest BCUT2D eigenvalue weighted by molar-refractivity contribution is 0.0696. The van der Waals surface area contributed by atoms with Gasteiger partial charge in [0.25, 0.3) is 0 Å². The molecule has 0 aliphatic heterocycles. The fraction of sp³-hybridized carbons (Fsp3) is 0.667.